The SMILES string of the molecule is C#C.C/C=C(Cl)\C=C/CC(=O)N(CCCN)C(c1nc2ccccn2c(=O)c1Cc1ccccc1)C1CC1. The summed E-state index contributed by atoms with van der Waals surface area (Å²) in [6.45, 7) is 2.84. The molecule has 0 radical (unpaired) electrons. The Labute approximate surface area is 229 Å². The summed E-state index contributed by atoms with van der Waals surface area (Å²) in [5, 5.41) is 0.587. The molecule has 38 heavy (non-hydrogen) atoms. The maximum absolute atomic E-state index is 13.8. The number of nitrogens with zero attached hydrogens (tertiary/aromatic N) is 3. The number of benzene rings is 1. The van der Waals surface area contributed by atoms with Gasteiger partial charge in [0.05, 0.1) is 11.7 Å². The summed E-state index contributed by atoms with van der Waals surface area (Å²) in [7, 11) is 0. The largest absolute Gasteiger partial charge is 0.333 e. The van der Waals surface area contributed by atoms with Gasteiger partial charge in [-0.15, -0.1) is 12.8 Å². The molecule has 0 bridgehead atoms. The summed E-state index contributed by atoms with van der Waals surface area (Å²) in [5.74, 6) is 0.250. The minimum Gasteiger partial charge on any atom is -0.333 e. The van der Waals surface area contributed by atoms with Crippen molar-refractivity contribution in [2.75, 3.05) is 13.1 Å². The van der Waals surface area contributed by atoms with E-state index in [4.69, 9.17) is 22.3 Å². The Hall–Kier alpha value is -3.66. The summed E-state index contributed by atoms with van der Waals surface area (Å²) < 4.78 is 1.60. The van der Waals surface area contributed by atoms with Crippen molar-refractivity contribution in [2.45, 2.75) is 45.1 Å². The number of rotatable bonds is 11. The van der Waals surface area contributed by atoms with Crippen molar-refractivity contribution >= 4 is 23.2 Å². The third-order valence-electron chi connectivity index (χ3n) is 6.54. The van der Waals surface area contributed by atoms with Gasteiger partial charge >= 0.3 is 0 Å². The molecule has 1 amide bonds. The number of pyridine rings is 1. The zero-order valence-corrected chi connectivity index (χ0v) is 22.6. The lowest BCUT2D eigenvalue weighted by molar-refractivity contribution is -0.133. The number of carbonyl (C=O) groups excluding carboxylic acids is 1. The fourth-order valence-electron chi connectivity index (χ4n) is 4.56. The van der Waals surface area contributed by atoms with E-state index < -0.39 is 0 Å². The molecule has 1 fully saturated rings. The highest BCUT2D eigenvalue weighted by Crippen LogP contribution is 2.45. The van der Waals surface area contributed by atoms with Crippen molar-refractivity contribution in [1.29, 1.82) is 0 Å². The summed E-state index contributed by atoms with van der Waals surface area (Å²) in [6.07, 6.45) is 18.4. The number of carbonyl (C=O) groups is 1. The van der Waals surface area contributed by atoms with Crippen LogP contribution < -0.4 is 11.3 Å². The fourth-order valence-corrected chi connectivity index (χ4v) is 4.65. The minimum atomic E-state index is -0.272. The molecular formula is C31H35ClN4O2. The predicted octanol–water partition coefficient (Wildman–Crippen LogP) is 5.25. The van der Waals surface area contributed by atoms with E-state index in [1.807, 2.05) is 60.4 Å². The number of halogens is 1. The highest BCUT2D eigenvalue weighted by atomic mass is 35.5. The molecule has 2 aromatic heterocycles. The lowest BCUT2D eigenvalue weighted by Gasteiger charge is -2.33. The van der Waals surface area contributed by atoms with E-state index in [0.717, 1.165) is 18.4 Å². The maximum atomic E-state index is 13.8. The van der Waals surface area contributed by atoms with E-state index in [9.17, 15) is 9.59 Å². The lowest BCUT2D eigenvalue weighted by atomic mass is 9.96. The van der Waals surface area contributed by atoms with Crippen molar-refractivity contribution in [2.24, 2.45) is 11.7 Å². The van der Waals surface area contributed by atoms with Crippen LogP contribution in [0.5, 0.6) is 0 Å². The Bertz CT molecular complexity index is 1360. The number of fused-ring (bicyclic) bond motifs is 1. The van der Waals surface area contributed by atoms with Crippen LogP contribution in [0.4, 0.5) is 0 Å². The first-order valence-corrected chi connectivity index (χ1v) is 13.3. The standard InChI is InChI=1S/C29H33ClN4O2.C2H2/c1-2-23(30)12-8-14-26(35)34(19-9-17-31)28(22-15-16-22)27-24(20-21-10-4-3-5-11-21)29(36)33-18-7-6-13-25(33)32-27;1-2/h2-8,10-13,18,22,28H,9,14-17,19-20,31H2,1H3;1-2H/b12-8-,23-2+;. The molecule has 0 spiro atoms. The number of nitrogens with two attached hydrogens (primary N) is 1. The molecule has 2 heterocycles. The molecule has 1 atom stereocenters. The van der Waals surface area contributed by atoms with E-state index in [1.165, 1.54) is 0 Å². The van der Waals surface area contributed by atoms with Crippen LogP contribution in [-0.4, -0.2) is 33.3 Å². The molecule has 6 nitrogen and oxygen atoms in total. The van der Waals surface area contributed by atoms with Crippen LogP contribution in [0.15, 0.2) is 82.8 Å². The number of hydrogen-bond donors (Lipinski definition) is 1. The molecule has 1 aromatic carbocycles. The van der Waals surface area contributed by atoms with Gasteiger partial charge in [0.15, 0.2) is 0 Å². The normalized spacial score (nSPS) is 14.2. The topological polar surface area (TPSA) is 80.7 Å². The van der Waals surface area contributed by atoms with E-state index in [-0.39, 0.29) is 29.8 Å². The number of terminal acetylenes is 1. The highest BCUT2D eigenvalue weighted by molar-refractivity contribution is 6.31. The Kier molecular flexibility index (Phi) is 10.9. The van der Waals surface area contributed by atoms with Gasteiger partial charge in [-0.3, -0.25) is 14.0 Å². The molecule has 1 aliphatic rings. The molecule has 198 valence electrons. The molecule has 4 rings (SSSR count). The molecule has 1 aliphatic carbocycles. The number of hydrogen-bond acceptors (Lipinski definition) is 4. The van der Waals surface area contributed by atoms with Crippen LogP contribution >= 0.6 is 11.6 Å². The average Bonchev–Trinajstić information content (AvgIpc) is 3.79. The van der Waals surface area contributed by atoms with Crippen molar-refractivity contribution in [3.05, 3.63) is 105 Å². The van der Waals surface area contributed by atoms with E-state index in [1.54, 1.807) is 28.8 Å². The number of amides is 1. The van der Waals surface area contributed by atoms with Crippen LogP contribution in [0.25, 0.3) is 5.65 Å². The van der Waals surface area contributed by atoms with Gasteiger partial charge in [-0.25, -0.2) is 4.98 Å². The van der Waals surface area contributed by atoms with Gasteiger partial charge in [-0.1, -0.05) is 60.2 Å². The zero-order chi connectivity index (χ0) is 27.5. The zero-order valence-electron chi connectivity index (χ0n) is 21.8. The predicted molar refractivity (Wildman–Crippen MR) is 155 cm³/mol. The van der Waals surface area contributed by atoms with Crippen molar-refractivity contribution < 1.29 is 4.79 Å². The first kappa shape index (κ1) is 28.9. The average molecular weight is 531 g/mol. The van der Waals surface area contributed by atoms with E-state index in [0.29, 0.717) is 47.9 Å². The molecule has 0 saturated heterocycles. The van der Waals surface area contributed by atoms with Crippen LogP contribution in [0.1, 0.15) is 55.5 Å². The monoisotopic (exact) mass is 530 g/mol. The third kappa shape index (κ3) is 7.22. The van der Waals surface area contributed by atoms with Gasteiger partial charge < -0.3 is 10.6 Å². The molecular weight excluding hydrogens is 496 g/mol. The van der Waals surface area contributed by atoms with Gasteiger partial charge in [-0.2, -0.15) is 0 Å². The summed E-state index contributed by atoms with van der Waals surface area (Å²) in [6, 6.07) is 15.2. The number of aromatic nitrogens is 2. The van der Waals surface area contributed by atoms with Crippen LogP contribution in [0.2, 0.25) is 0 Å². The maximum Gasteiger partial charge on any atom is 0.261 e. The van der Waals surface area contributed by atoms with Crippen molar-refractivity contribution in [1.82, 2.24) is 14.3 Å². The van der Waals surface area contributed by atoms with Crippen LogP contribution in [0, 0.1) is 18.8 Å². The van der Waals surface area contributed by atoms with Crippen LogP contribution in [0.3, 0.4) is 0 Å². The Morgan fingerprint density at radius 2 is 1.92 bits per heavy atom. The fraction of sp³-hybridized carbons (Fsp3) is 0.323. The molecule has 1 saturated carbocycles. The second kappa shape index (κ2) is 14.3. The van der Waals surface area contributed by atoms with Gasteiger partial charge in [0.1, 0.15) is 5.65 Å². The van der Waals surface area contributed by atoms with Gasteiger partial charge in [0.2, 0.25) is 5.91 Å². The first-order valence-electron chi connectivity index (χ1n) is 12.9. The smallest absolute Gasteiger partial charge is 0.261 e. The van der Waals surface area contributed by atoms with E-state index >= 15 is 0 Å². The summed E-state index contributed by atoms with van der Waals surface area (Å²) in [5.41, 5.74) is 8.73. The molecule has 2 N–H and O–H groups in total. The quantitative estimate of drug-likeness (QED) is 0.271. The van der Waals surface area contributed by atoms with Gasteiger partial charge in [0, 0.05) is 36.2 Å². The second-order valence-corrected chi connectivity index (χ2v) is 9.60. The molecule has 1 unspecified atom stereocenters. The number of allylic oxidation sites excluding steroid dienone is 3. The lowest BCUT2D eigenvalue weighted by Crippen LogP contribution is -2.39. The van der Waals surface area contributed by atoms with Crippen molar-refractivity contribution in [3.8, 4) is 12.8 Å². The second-order valence-electron chi connectivity index (χ2n) is 9.16. The Balaban J connectivity index is 0.00000195. The Morgan fingerprint density at radius 1 is 1.21 bits per heavy atom. The van der Waals surface area contributed by atoms with Crippen LogP contribution in [-0.2, 0) is 11.2 Å². The molecule has 0 aliphatic heterocycles. The highest BCUT2D eigenvalue weighted by Gasteiger charge is 2.40. The third-order valence-corrected chi connectivity index (χ3v) is 6.88. The van der Waals surface area contributed by atoms with E-state index in [2.05, 4.69) is 12.8 Å². The molecule has 7 heteroatoms. The minimum absolute atomic E-state index is 0.0158. The van der Waals surface area contributed by atoms with Gasteiger partial charge in [-0.05, 0) is 62.4 Å². The summed E-state index contributed by atoms with van der Waals surface area (Å²) >= 11 is 6.09. The first-order chi connectivity index (χ1) is 18.5. The van der Waals surface area contributed by atoms with Crippen molar-refractivity contribution in [3.63, 3.8) is 0 Å². The Morgan fingerprint density at radius 3 is 2.58 bits per heavy atom. The summed E-state index contributed by atoms with van der Waals surface area (Å²) in [4.78, 5) is 34.2. The van der Waals surface area contributed by atoms with Gasteiger partial charge in [0.25, 0.3) is 5.56 Å². The molecule has 3 aromatic rings.